The maximum atomic E-state index is 11.3. The predicted octanol–water partition coefficient (Wildman–Crippen LogP) is 1.48. The van der Waals surface area contributed by atoms with Crippen LogP contribution in [0, 0.1) is 21.4 Å². The summed E-state index contributed by atoms with van der Waals surface area (Å²) < 4.78 is 4.67. The minimum Gasteiger partial charge on any atom is -0.462 e. The molecule has 8 nitrogen and oxygen atoms in total. The van der Waals surface area contributed by atoms with Crippen molar-refractivity contribution in [2.45, 2.75) is 6.92 Å². The molecular formula is C12H12N4O4. The zero-order valence-corrected chi connectivity index (χ0v) is 10.6. The minimum atomic E-state index is -0.729. The molecule has 1 rings (SSSR count). The Morgan fingerprint density at radius 2 is 2.15 bits per heavy atom. The molecule has 0 aliphatic heterocycles. The van der Waals surface area contributed by atoms with E-state index in [1.807, 2.05) is 0 Å². The molecule has 8 heteroatoms. The van der Waals surface area contributed by atoms with Gasteiger partial charge >= 0.3 is 5.97 Å². The largest absolute Gasteiger partial charge is 0.462 e. The molecule has 0 saturated carbocycles. The Kier molecular flexibility index (Phi) is 5.52. The van der Waals surface area contributed by atoms with Crippen LogP contribution in [0.25, 0.3) is 0 Å². The molecule has 2 N–H and O–H groups in total. The summed E-state index contributed by atoms with van der Waals surface area (Å²) in [4.78, 5) is 21.2. The van der Waals surface area contributed by atoms with E-state index in [1.165, 1.54) is 24.3 Å². The highest BCUT2D eigenvalue weighted by Gasteiger charge is 2.09. The summed E-state index contributed by atoms with van der Waals surface area (Å²) in [7, 11) is 0. The Hall–Kier alpha value is -3.08. The smallest absolute Gasteiger partial charge is 0.350 e. The minimum absolute atomic E-state index is 0.0321. The van der Waals surface area contributed by atoms with Gasteiger partial charge in [-0.05, 0) is 19.1 Å². The van der Waals surface area contributed by atoms with Gasteiger partial charge in [0.05, 0.1) is 17.2 Å². The van der Waals surface area contributed by atoms with Gasteiger partial charge in [0.15, 0.2) is 5.57 Å². The van der Waals surface area contributed by atoms with Crippen molar-refractivity contribution in [2.75, 3.05) is 12.0 Å². The highest BCUT2D eigenvalue weighted by Crippen LogP contribution is 2.14. The number of hydrogen-bond acceptors (Lipinski definition) is 7. The number of nitriles is 1. The van der Waals surface area contributed by atoms with Crippen molar-refractivity contribution in [1.29, 1.82) is 5.26 Å². The predicted molar refractivity (Wildman–Crippen MR) is 70.2 cm³/mol. The van der Waals surface area contributed by atoms with Gasteiger partial charge in [-0.2, -0.15) is 5.26 Å². The van der Waals surface area contributed by atoms with Crippen molar-refractivity contribution < 1.29 is 14.5 Å². The van der Waals surface area contributed by atoms with Gasteiger partial charge in [0.2, 0.25) is 0 Å². The molecule has 104 valence electrons. The van der Waals surface area contributed by atoms with Crippen molar-refractivity contribution in [1.82, 2.24) is 5.43 Å². The second-order valence-electron chi connectivity index (χ2n) is 3.46. The molecule has 0 heterocycles. The Bertz CT molecular complexity index is 560. The number of nitrogens with zero attached hydrogens (tertiary/aromatic N) is 2. The van der Waals surface area contributed by atoms with Gasteiger partial charge in [-0.25, -0.2) is 4.79 Å². The van der Waals surface area contributed by atoms with Gasteiger partial charge in [0, 0.05) is 18.3 Å². The number of anilines is 1. The SMILES string of the molecule is CCOC(=O)C(C#N)=CNNc1ccc([N+](=O)[O-])cc1. The van der Waals surface area contributed by atoms with E-state index in [1.54, 1.807) is 13.0 Å². The highest BCUT2D eigenvalue weighted by molar-refractivity contribution is 5.92. The van der Waals surface area contributed by atoms with Gasteiger partial charge in [-0.3, -0.25) is 10.1 Å². The first-order chi connectivity index (χ1) is 9.58. The van der Waals surface area contributed by atoms with Crippen LogP contribution in [-0.2, 0) is 9.53 Å². The molecule has 0 radical (unpaired) electrons. The Morgan fingerprint density at radius 3 is 2.65 bits per heavy atom. The van der Waals surface area contributed by atoms with Crippen LogP contribution >= 0.6 is 0 Å². The lowest BCUT2D eigenvalue weighted by Gasteiger charge is -2.06. The molecule has 0 aromatic heterocycles. The maximum absolute atomic E-state index is 11.3. The molecule has 0 fully saturated rings. The Labute approximate surface area is 114 Å². The second-order valence-corrected chi connectivity index (χ2v) is 3.46. The molecule has 0 bridgehead atoms. The number of ether oxygens (including phenoxy) is 1. The van der Waals surface area contributed by atoms with Gasteiger partial charge in [-0.1, -0.05) is 0 Å². The van der Waals surface area contributed by atoms with E-state index >= 15 is 0 Å². The lowest BCUT2D eigenvalue weighted by molar-refractivity contribution is -0.384. The normalized spacial score (nSPS) is 10.3. The number of nitrogens with one attached hydrogen (secondary N) is 2. The van der Waals surface area contributed by atoms with Crippen molar-refractivity contribution in [3.8, 4) is 6.07 Å². The molecule has 0 atom stereocenters. The molecule has 0 saturated heterocycles. The summed E-state index contributed by atoms with van der Waals surface area (Å²) >= 11 is 0. The van der Waals surface area contributed by atoms with Crippen molar-refractivity contribution in [3.63, 3.8) is 0 Å². The zero-order valence-electron chi connectivity index (χ0n) is 10.6. The molecular weight excluding hydrogens is 264 g/mol. The molecule has 0 aliphatic rings. The van der Waals surface area contributed by atoms with Gasteiger partial charge in [0.25, 0.3) is 5.69 Å². The summed E-state index contributed by atoms with van der Waals surface area (Å²) in [5.74, 6) is -0.729. The number of rotatable bonds is 6. The number of benzene rings is 1. The highest BCUT2D eigenvalue weighted by atomic mass is 16.6. The third-order valence-electron chi connectivity index (χ3n) is 2.13. The summed E-state index contributed by atoms with van der Waals surface area (Å²) in [5, 5.41) is 19.2. The summed E-state index contributed by atoms with van der Waals surface area (Å²) in [6, 6.07) is 7.30. The first-order valence-corrected chi connectivity index (χ1v) is 5.62. The fourth-order valence-corrected chi connectivity index (χ4v) is 1.20. The molecule has 0 amide bonds. The number of hydrazine groups is 1. The lowest BCUT2D eigenvalue weighted by atomic mass is 10.3. The number of nitro benzene ring substituents is 1. The number of non-ortho nitro benzene ring substituents is 1. The van der Waals surface area contributed by atoms with E-state index in [-0.39, 0.29) is 17.9 Å². The molecule has 0 spiro atoms. The number of esters is 1. The average Bonchev–Trinajstić information content (AvgIpc) is 2.44. The van der Waals surface area contributed by atoms with Crippen LogP contribution in [0.15, 0.2) is 36.0 Å². The Morgan fingerprint density at radius 1 is 1.50 bits per heavy atom. The van der Waals surface area contributed by atoms with Crippen LogP contribution in [0.4, 0.5) is 11.4 Å². The Balaban J connectivity index is 2.60. The van der Waals surface area contributed by atoms with Gasteiger partial charge < -0.3 is 15.6 Å². The van der Waals surface area contributed by atoms with Gasteiger partial charge in [0.1, 0.15) is 6.07 Å². The van der Waals surface area contributed by atoms with Crippen molar-refractivity contribution in [3.05, 3.63) is 46.2 Å². The van der Waals surface area contributed by atoms with E-state index < -0.39 is 10.9 Å². The summed E-state index contributed by atoms with van der Waals surface area (Å²) in [5.41, 5.74) is 5.51. The number of carbonyl (C=O) groups excluding carboxylic acids is 1. The van der Waals surface area contributed by atoms with Crippen molar-refractivity contribution in [2.24, 2.45) is 0 Å². The molecule has 0 aliphatic carbocycles. The first-order valence-electron chi connectivity index (χ1n) is 5.62. The summed E-state index contributed by atoms with van der Waals surface area (Å²) in [6.45, 7) is 1.81. The van der Waals surface area contributed by atoms with E-state index in [0.717, 1.165) is 6.20 Å². The van der Waals surface area contributed by atoms with E-state index in [2.05, 4.69) is 15.6 Å². The lowest BCUT2D eigenvalue weighted by Crippen LogP contribution is -2.17. The third-order valence-corrected chi connectivity index (χ3v) is 2.13. The molecule has 20 heavy (non-hydrogen) atoms. The van der Waals surface area contributed by atoms with E-state index in [0.29, 0.717) is 5.69 Å². The quantitative estimate of drug-likeness (QED) is 0.265. The number of hydrogen-bond donors (Lipinski definition) is 2. The van der Waals surface area contributed by atoms with Crippen molar-refractivity contribution >= 4 is 17.3 Å². The standard InChI is InChI=1S/C12H12N4O4/c1-2-20-12(17)9(7-13)8-14-15-10-3-5-11(6-4-10)16(18)19/h3-6,8,14-15H,2H2,1H3. The molecule has 1 aromatic rings. The van der Waals surface area contributed by atoms with Crippen LogP contribution in [0.2, 0.25) is 0 Å². The second kappa shape index (κ2) is 7.38. The molecule has 1 aromatic carbocycles. The van der Waals surface area contributed by atoms with Crippen LogP contribution in [0.1, 0.15) is 6.92 Å². The summed E-state index contributed by atoms with van der Waals surface area (Å²) in [6.07, 6.45) is 1.15. The fraction of sp³-hybridized carbons (Fsp3) is 0.167. The van der Waals surface area contributed by atoms with Crippen LogP contribution in [0.5, 0.6) is 0 Å². The fourth-order valence-electron chi connectivity index (χ4n) is 1.20. The molecule has 0 unspecified atom stereocenters. The average molecular weight is 276 g/mol. The topological polar surface area (TPSA) is 117 Å². The van der Waals surface area contributed by atoms with E-state index in [9.17, 15) is 14.9 Å². The van der Waals surface area contributed by atoms with Gasteiger partial charge in [-0.15, -0.1) is 0 Å². The van der Waals surface area contributed by atoms with Crippen LogP contribution in [-0.4, -0.2) is 17.5 Å². The first kappa shape index (κ1) is 15.0. The van der Waals surface area contributed by atoms with E-state index in [4.69, 9.17) is 5.26 Å². The zero-order chi connectivity index (χ0) is 15.0. The maximum Gasteiger partial charge on any atom is 0.350 e. The van der Waals surface area contributed by atoms with Crippen LogP contribution in [0.3, 0.4) is 0 Å². The third kappa shape index (κ3) is 4.30. The number of carbonyl (C=O) groups is 1. The number of nitro groups is 1. The van der Waals surface area contributed by atoms with Crippen LogP contribution < -0.4 is 10.9 Å². The monoisotopic (exact) mass is 276 g/mol.